The standard InChI is InChI=1S/C19H16ClN7O2/c20-12-2-1-3-14(8-12)22-18-25-16-11(6-10-7-15(28)24-17(10)29)9-21-27(16)19(26-18)23-13-4-5-13/h1-3,6-9,13,24,28-29H,4-5H2,(H,22,23,26)/p+1. The van der Waals surface area contributed by atoms with Crippen LogP contribution in [0.15, 0.2) is 36.5 Å². The molecule has 3 heterocycles. The zero-order chi connectivity index (χ0) is 20.0. The number of nitrogens with zero attached hydrogens (tertiary/aromatic N) is 4. The highest BCUT2D eigenvalue weighted by Gasteiger charge is 2.24. The highest BCUT2D eigenvalue weighted by atomic mass is 35.5. The van der Waals surface area contributed by atoms with Crippen molar-refractivity contribution in [3.05, 3.63) is 58.0 Å². The van der Waals surface area contributed by atoms with Crippen molar-refractivity contribution in [3.63, 3.8) is 0 Å². The predicted molar refractivity (Wildman–Crippen MR) is 106 cm³/mol. The molecule has 1 aromatic carbocycles. The Morgan fingerprint density at radius 3 is 2.83 bits per heavy atom. The minimum Gasteiger partial charge on any atom is -0.494 e. The molecule has 146 valence electrons. The Labute approximate surface area is 169 Å². The van der Waals surface area contributed by atoms with Crippen LogP contribution >= 0.6 is 11.6 Å². The van der Waals surface area contributed by atoms with Crippen molar-refractivity contribution in [2.24, 2.45) is 0 Å². The van der Waals surface area contributed by atoms with Gasteiger partial charge in [0, 0.05) is 22.3 Å². The van der Waals surface area contributed by atoms with Gasteiger partial charge in [-0.05, 0) is 42.1 Å². The van der Waals surface area contributed by atoms with Crippen LogP contribution in [-0.2, 0) is 0 Å². The maximum Gasteiger partial charge on any atom is 0.421 e. The largest absolute Gasteiger partial charge is 0.494 e. The normalized spacial score (nSPS) is 15.3. The summed E-state index contributed by atoms with van der Waals surface area (Å²) in [7, 11) is 0. The molecule has 1 saturated carbocycles. The second-order valence-electron chi connectivity index (χ2n) is 6.86. The van der Waals surface area contributed by atoms with Crippen molar-refractivity contribution >= 4 is 35.0 Å². The summed E-state index contributed by atoms with van der Waals surface area (Å²) in [6.45, 7) is 0. The fraction of sp³-hybridized carbons (Fsp3) is 0.158. The number of aromatic amines is 1. The van der Waals surface area contributed by atoms with E-state index in [2.05, 4.69) is 30.4 Å². The van der Waals surface area contributed by atoms with Crippen LogP contribution in [0.5, 0.6) is 11.8 Å². The first-order valence-corrected chi connectivity index (χ1v) is 9.43. The van der Waals surface area contributed by atoms with E-state index in [1.54, 1.807) is 28.9 Å². The first-order chi connectivity index (χ1) is 14.0. The van der Waals surface area contributed by atoms with E-state index in [1.807, 2.05) is 12.1 Å². The average molecular weight is 411 g/mol. The van der Waals surface area contributed by atoms with Crippen molar-refractivity contribution in [3.8, 4) is 11.8 Å². The molecule has 1 aliphatic rings. The van der Waals surface area contributed by atoms with Gasteiger partial charge in [-0.1, -0.05) is 22.2 Å². The molecule has 4 aromatic rings. The summed E-state index contributed by atoms with van der Waals surface area (Å²) in [5.41, 5.74) is 2.31. The van der Waals surface area contributed by atoms with Crippen LogP contribution in [-0.4, -0.2) is 40.8 Å². The Balaban J connectivity index is 1.67. The summed E-state index contributed by atoms with van der Waals surface area (Å²) in [4.78, 5) is 15.0. The second-order valence-corrected chi connectivity index (χ2v) is 7.30. The Bertz CT molecular complexity index is 1340. The number of nitrogens with one attached hydrogen (secondary N) is 3. The lowest BCUT2D eigenvalue weighted by atomic mass is 10.2. The van der Waals surface area contributed by atoms with Gasteiger partial charge in [-0.25, -0.2) is 0 Å². The predicted octanol–water partition coefficient (Wildman–Crippen LogP) is -0.0480. The lowest BCUT2D eigenvalue weighted by molar-refractivity contribution is -0.523. The Morgan fingerprint density at radius 1 is 1.24 bits per heavy atom. The Hall–Kier alpha value is -3.59. The number of aromatic nitrogens is 5. The molecule has 0 saturated heterocycles. The second kappa shape index (κ2) is 6.78. The molecular weight excluding hydrogens is 394 g/mol. The third-order valence-corrected chi connectivity index (χ3v) is 4.74. The molecule has 0 radical (unpaired) electrons. The topological polar surface area (TPSA) is 125 Å². The van der Waals surface area contributed by atoms with E-state index in [0.29, 0.717) is 39.1 Å². The molecule has 5 N–H and O–H groups in total. The quantitative estimate of drug-likeness (QED) is 0.321. The Kier molecular flexibility index (Phi) is 4.09. The number of hydrogen-bond acceptors (Lipinski definition) is 6. The summed E-state index contributed by atoms with van der Waals surface area (Å²) < 4.78 is 1.62. The first kappa shape index (κ1) is 17.5. The van der Waals surface area contributed by atoms with E-state index in [9.17, 15) is 10.2 Å². The molecule has 0 aliphatic heterocycles. The zero-order valence-corrected chi connectivity index (χ0v) is 15.9. The van der Waals surface area contributed by atoms with Crippen LogP contribution in [0.1, 0.15) is 18.4 Å². The number of aromatic hydroxyl groups is 2. The highest BCUT2D eigenvalue weighted by Crippen LogP contribution is 2.22. The molecule has 0 unspecified atom stereocenters. The van der Waals surface area contributed by atoms with Gasteiger partial charge >= 0.3 is 11.6 Å². The minimum atomic E-state index is -0.135. The van der Waals surface area contributed by atoms with Crippen LogP contribution in [0.4, 0.5) is 11.6 Å². The van der Waals surface area contributed by atoms with Crippen molar-refractivity contribution in [1.82, 2.24) is 24.6 Å². The molecule has 0 spiro atoms. The third kappa shape index (κ3) is 3.59. The summed E-state index contributed by atoms with van der Waals surface area (Å²) in [6.07, 6.45) is 5.48. The van der Waals surface area contributed by atoms with Gasteiger partial charge in [0.25, 0.3) is 0 Å². The molecule has 0 bridgehead atoms. The van der Waals surface area contributed by atoms with Gasteiger partial charge in [0.2, 0.25) is 5.65 Å². The molecule has 29 heavy (non-hydrogen) atoms. The lowest BCUT2D eigenvalue weighted by Gasteiger charge is -2.02. The number of rotatable bonds is 4. The van der Waals surface area contributed by atoms with Crippen LogP contribution in [0.3, 0.4) is 0 Å². The summed E-state index contributed by atoms with van der Waals surface area (Å²) in [5, 5.41) is 28.3. The number of hydrogen-bond donors (Lipinski definition) is 5. The SMILES string of the molecule is Oc1cc(C=c2cnn3c(=[NH+]C4CC4)nc(Nc4cccc(Cl)c4)nc23)c(O)[nH]1. The molecule has 3 aromatic heterocycles. The highest BCUT2D eigenvalue weighted by molar-refractivity contribution is 6.30. The van der Waals surface area contributed by atoms with Gasteiger partial charge in [-0.2, -0.15) is 4.98 Å². The van der Waals surface area contributed by atoms with E-state index in [1.165, 1.54) is 6.07 Å². The number of fused-ring (bicyclic) bond motifs is 1. The van der Waals surface area contributed by atoms with Gasteiger partial charge in [0.1, 0.15) is 0 Å². The van der Waals surface area contributed by atoms with Crippen LogP contribution in [0.2, 0.25) is 5.02 Å². The van der Waals surface area contributed by atoms with Gasteiger partial charge < -0.3 is 15.5 Å². The van der Waals surface area contributed by atoms with Crippen molar-refractivity contribution < 1.29 is 15.2 Å². The molecule has 0 amide bonds. The van der Waals surface area contributed by atoms with Crippen molar-refractivity contribution in [2.75, 3.05) is 5.32 Å². The lowest BCUT2D eigenvalue weighted by Crippen LogP contribution is -2.80. The first-order valence-electron chi connectivity index (χ1n) is 9.06. The van der Waals surface area contributed by atoms with Crippen LogP contribution < -0.4 is 21.1 Å². The van der Waals surface area contributed by atoms with Gasteiger partial charge in [0.15, 0.2) is 11.8 Å². The maximum absolute atomic E-state index is 9.92. The Morgan fingerprint density at radius 2 is 2.10 bits per heavy atom. The molecule has 5 rings (SSSR count). The third-order valence-electron chi connectivity index (χ3n) is 4.51. The number of halogens is 1. The minimum absolute atomic E-state index is 0.126. The van der Waals surface area contributed by atoms with E-state index in [0.717, 1.165) is 18.5 Å². The van der Waals surface area contributed by atoms with Gasteiger partial charge in [-0.3, -0.25) is 9.98 Å². The van der Waals surface area contributed by atoms with E-state index in [4.69, 9.17) is 11.6 Å². The smallest absolute Gasteiger partial charge is 0.421 e. The van der Waals surface area contributed by atoms with Crippen molar-refractivity contribution in [1.29, 1.82) is 0 Å². The number of benzene rings is 1. The monoisotopic (exact) mass is 410 g/mol. The van der Waals surface area contributed by atoms with Crippen LogP contribution in [0, 0.1) is 0 Å². The number of H-pyrrole nitrogens is 1. The molecule has 10 heteroatoms. The average Bonchev–Trinajstić information content (AvgIpc) is 3.31. The summed E-state index contributed by atoms with van der Waals surface area (Å²) in [6, 6.07) is 9.08. The fourth-order valence-electron chi connectivity index (χ4n) is 2.97. The van der Waals surface area contributed by atoms with E-state index >= 15 is 0 Å². The molecule has 1 aliphatic carbocycles. The van der Waals surface area contributed by atoms with Crippen molar-refractivity contribution in [2.45, 2.75) is 18.9 Å². The van der Waals surface area contributed by atoms with E-state index in [-0.39, 0.29) is 11.8 Å². The molecule has 0 atom stereocenters. The summed E-state index contributed by atoms with van der Waals surface area (Å²) >= 11 is 6.07. The molecule has 9 nitrogen and oxygen atoms in total. The number of anilines is 2. The maximum atomic E-state index is 9.92. The fourth-order valence-corrected chi connectivity index (χ4v) is 3.16. The van der Waals surface area contributed by atoms with E-state index < -0.39 is 0 Å². The molecular formula is C19H17ClN7O2+. The summed E-state index contributed by atoms with van der Waals surface area (Å²) in [5.74, 6) is 0.128. The van der Waals surface area contributed by atoms with Crippen LogP contribution in [0.25, 0.3) is 11.7 Å². The molecule has 1 fully saturated rings. The van der Waals surface area contributed by atoms with Gasteiger partial charge in [0.05, 0.1) is 17.5 Å². The van der Waals surface area contributed by atoms with Gasteiger partial charge in [-0.15, -0.1) is 5.10 Å². The zero-order valence-electron chi connectivity index (χ0n) is 15.1.